The molecule has 0 aliphatic heterocycles. The van der Waals surface area contributed by atoms with Crippen molar-refractivity contribution in [3.8, 4) is 11.8 Å². The first kappa shape index (κ1) is 27.7. The first-order valence-electron chi connectivity index (χ1n) is 13.0. The van der Waals surface area contributed by atoms with Crippen molar-refractivity contribution in [3.05, 3.63) is 35.4 Å². The Labute approximate surface area is 211 Å². The van der Waals surface area contributed by atoms with Crippen LogP contribution in [0, 0.1) is 23.2 Å². The molecule has 0 radical (unpaired) electrons. The Bertz CT molecular complexity index is 929. The summed E-state index contributed by atoms with van der Waals surface area (Å²) in [6.07, 6.45) is 3.39. The Morgan fingerprint density at radius 3 is 2.03 bits per heavy atom. The first-order chi connectivity index (χ1) is 15.6. The molecule has 34 heavy (non-hydrogen) atoms. The number of fused-ring (bicyclic) bond motifs is 2. The van der Waals surface area contributed by atoms with Gasteiger partial charge in [0.2, 0.25) is 0 Å². The van der Waals surface area contributed by atoms with E-state index in [-0.39, 0.29) is 27.7 Å². The summed E-state index contributed by atoms with van der Waals surface area (Å²) in [6, 6.07) is 8.90. The van der Waals surface area contributed by atoms with Gasteiger partial charge in [-0.3, -0.25) is 0 Å². The van der Waals surface area contributed by atoms with Crippen molar-refractivity contribution >= 4 is 16.6 Å². The molecule has 2 aliphatic carbocycles. The van der Waals surface area contributed by atoms with Crippen LogP contribution >= 0.6 is 0 Å². The van der Waals surface area contributed by atoms with Crippen molar-refractivity contribution in [3.63, 3.8) is 0 Å². The fraction of sp³-hybridized carbons (Fsp3) is 0.724. The van der Waals surface area contributed by atoms with Crippen LogP contribution in [0.2, 0.25) is 36.3 Å². The lowest BCUT2D eigenvalue weighted by atomic mass is 9.63. The standard InChI is InChI=1S/C29H48O3Si2/c1-27(2,3)33(8,9)31-25-22-16-12-13-17-23(22)26(32-34(10,11)28(4,5)6)29(20-15-21-30-7)19-14-18-24(25)29/h12-13,16-17,24-26H,14,18-19,21H2,1-11H3/t24-,25-,26+,29+/m1/s1. The van der Waals surface area contributed by atoms with Crippen LogP contribution in [0.25, 0.3) is 0 Å². The van der Waals surface area contributed by atoms with Gasteiger partial charge in [-0.05, 0) is 60.2 Å². The van der Waals surface area contributed by atoms with Crippen LogP contribution in [-0.2, 0) is 13.6 Å². The van der Waals surface area contributed by atoms with Gasteiger partial charge in [0.25, 0.3) is 0 Å². The Hall–Kier alpha value is -0.906. The summed E-state index contributed by atoms with van der Waals surface area (Å²) in [7, 11) is -2.32. The highest BCUT2D eigenvalue weighted by atomic mass is 28.4. The van der Waals surface area contributed by atoms with Gasteiger partial charge in [-0.25, -0.2) is 0 Å². The third-order valence-electron chi connectivity index (χ3n) is 9.17. The van der Waals surface area contributed by atoms with Crippen LogP contribution in [0.1, 0.15) is 84.1 Å². The average molecular weight is 501 g/mol. The molecule has 0 heterocycles. The van der Waals surface area contributed by atoms with Crippen LogP contribution in [0.5, 0.6) is 0 Å². The molecular formula is C29H48O3Si2. The molecule has 0 unspecified atom stereocenters. The maximum Gasteiger partial charge on any atom is 0.192 e. The molecule has 4 atom stereocenters. The number of ether oxygens (including phenoxy) is 1. The van der Waals surface area contributed by atoms with Gasteiger partial charge in [0.15, 0.2) is 16.6 Å². The van der Waals surface area contributed by atoms with E-state index in [2.05, 4.69) is 104 Å². The first-order valence-corrected chi connectivity index (χ1v) is 18.8. The quantitative estimate of drug-likeness (QED) is 0.301. The number of methoxy groups -OCH3 is 1. The number of hydrogen-bond donors (Lipinski definition) is 0. The molecule has 1 fully saturated rings. The molecule has 0 bridgehead atoms. The van der Waals surface area contributed by atoms with E-state index in [0.29, 0.717) is 12.5 Å². The summed E-state index contributed by atoms with van der Waals surface area (Å²) in [5.74, 6) is 7.49. The van der Waals surface area contributed by atoms with Gasteiger partial charge < -0.3 is 13.6 Å². The number of hydrogen-bond acceptors (Lipinski definition) is 3. The summed E-state index contributed by atoms with van der Waals surface area (Å²) in [5.41, 5.74) is 2.38. The highest BCUT2D eigenvalue weighted by Gasteiger charge is 2.59. The molecule has 0 saturated heterocycles. The number of rotatable bonds is 5. The van der Waals surface area contributed by atoms with Crippen LogP contribution in [0.3, 0.4) is 0 Å². The molecule has 0 aromatic heterocycles. The zero-order chi connectivity index (χ0) is 25.6. The van der Waals surface area contributed by atoms with E-state index in [1.807, 2.05) is 0 Å². The molecular weight excluding hydrogens is 452 g/mol. The van der Waals surface area contributed by atoms with Crippen molar-refractivity contribution in [2.24, 2.45) is 11.3 Å². The largest absolute Gasteiger partial charge is 0.410 e. The predicted octanol–water partition coefficient (Wildman–Crippen LogP) is 8.26. The molecule has 5 heteroatoms. The van der Waals surface area contributed by atoms with Crippen LogP contribution < -0.4 is 0 Å². The van der Waals surface area contributed by atoms with E-state index in [1.165, 1.54) is 11.1 Å². The minimum Gasteiger partial charge on any atom is -0.410 e. The van der Waals surface area contributed by atoms with E-state index in [9.17, 15) is 0 Å². The molecule has 3 rings (SSSR count). The monoisotopic (exact) mass is 500 g/mol. The summed E-state index contributed by atoms with van der Waals surface area (Å²) >= 11 is 0. The van der Waals surface area contributed by atoms with E-state index in [1.54, 1.807) is 7.11 Å². The maximum absolute atomic E-state index is 7.31. The van der Waals surface area contributed by atoms with Gasteiger partial charge in [0.05, 0.1) is 17.6 Å². The zero-order valence-corrected chi connectivity index (χ0v) is 25.6. The van der Waals surface area contributed by atoms with Crippen molar-refractivity contribution < 1.29 is 13.6 Å². The number of benzene rings is 1. The summed E-state index contributed by atoms with van der Waals surface area (Å²) in [6.45, 7) is 23.9. The molecule has 1 saturated carbocycles. The maximum atomic E-state index is 7.31. The third kappa shape index (κ3) is 4.99. The second kappa shape index (κ2) is 9.52. The fourth-order valence-corrected chi connectivity index (χ4v) is 7.64. The summed E-state index contributed by atoms with van der Waals surface area (Å²) in [4.78, 5) is 0. The lowest BCUT2D eigenvalue weighted by molar-refractivity contribution is -0.0263. The van der Waals surface area contributed by atoms with Gasteiger partial charge in [0.1, 0.15) is 6.61 Å². The summed E-state index contributed by atoms with van der Waals surface area (Å²) < 4.78 is 19.9. The normalized spacial score (nSPS) is 27.6. The van der Waals surface area contributed by atoms with E-state index in [4.69, 9.17) is 13.6 Å². The van der Waals surface area contributed by atoms with Gasteiger partial charge in [0, 0.05) is 13.0 Å². The van der Waals surface area contributed by atoms with Crippen molar-refractivity contribution in [1.29, 1.82) is 0 Å². The molecule has 0 amide bonds. The lowest BCUT2D eigenvalue weighted by Crippen LogP contribution is -2.51. The van der Waals surface area contributed by atoms with E-state index < -0.39 is 16.6 Å². The molecule has 1 aromatic carbocycles. The van der Waals surface area contributed by atoms with Crippen molar-refractivity contribution in [2.45, 2.75) is 109 Å². The SMILES string of the molecule is COCC#C[C@@]12CCC[C@@H]1[C@H](O[Si](C)(C)C(C)(C)C)c1ccccc1[C@@H]2O[Si](C)(C)C(C)(C)C. The van der Waals surface area contributed by atoms with Crippen molar-refractivity contribution in [2.75, 3.05) is 13.7 Å². The molecule has 2 aliphatic rings. The molecule has 0 N–H and O–H groups in total. The van der Waals surface area contributed by atoms with Crippen molar-refractivity contribution in [1.82, 2.24) is 0 Å². The van der Waals surface area contributed by atoms with Crippen LogP contribution in [-0.4, -0.2) is 30.4 Å². The highest BCUT2D eigenvalue weighted by molar-refractivity contribution is 6.74. The Morgan fingerprint density at radius 2 is 1.47 bits per heavy atom. The molecule has 0 spiro atoms. The summed E-state index contributed by atoms with van der Waals surface area (Å²) in [5, 5.41) is 0.283. The van der Waals surface area contributed by atoms with E-state index >= 15 is 0 Å². The fourth-order valence-electron chi connectivity index (χ4n) is 5.08. The minimum absolute atomic E-state index is 0.0271. The second-order valence-electron chi connectivity index (χ2n) is 13.5. The third-order valence-corrected chi connectivity index (χ3v) is 18.1. The van der Waals surface area contributed by atoms with E-state index in [0.717, 1.165) is 19.3 Å². The Kier molecular flexibility index (Phi) is 7.75. The molecule has 1 aromatic rings. The molecule has 190 valence electrons. The Balaban J connectivity index is 2.21. The zero-order valence-electron chi connectivity index (χ0n) is 23.6. The Morgan fingerprint density at radius 1 is 0.912 bits per heavy atom. The van der Waals surface area contributed by atoms with Gasteiger partial charge in [-0.1, -0.05) is 84.1 Å². The van der Waals surface area contributed by atoms with Crippen LogP contribution in [0.4, 0.5) is 0 Å². The van der Waals surface area contributed by atoms with Gasteiger partial charge in [-0.2, -0.15) is 0 Å². The molecule has 3 nitrogen and oxygen atoms in total. The average Bonchev–Trinajstić information content (AvgIpc) is 3.14. The highest BCUT2D eigenvalue weighted by Crippen LogP contribution is 2.64. The second-order valence-corrected chi connectivity index (χ2v) is 23.0. The lowest BCUT2D eigenvalue weighted by Gasteiger charge is -2.53. The van der Waals surface area contributed by atoms with Gasteiger partial charge >= 0.3 is 0 Å². The van der Waals surface area contributed by atoms with Gasteiger partial charge in [-0.15, -0.1) is 0 Å². The smallest absolute Gasteiger partial charge is 0.192 e. The van der Waals surface area contributed by atoms with Crippen LogP contribution in [0.15, 0.2) is 24.3 Å². The minimum atomic E-state index is -2.05. The topological polar surface area (TPSA) is 27.7 Å². The predicted molar refractivity (Wildman–Crippen MR) is 148 cm³/mol.